The van der Waals surface area contributed by atoms with E-state index in [9.17, 15) is 0 Å². The van der Waals surface area contributed by atoms with E-state index in [-0.39, 0.29) is 34.0 Å². The third-order valence-corrected chi connectivity index (χ3v) is 2.41. The molecule has 0 aliphatic heterocycles. The third kappa shape index (κ3) is 20.3. The van der Waals surface area contributed by atoms with Gasteiger partial charge in [-0.2, -0.15) is 0 Å². The van der Waals surface area contributed by atoms with E-state index in [1.807, 2.05) is 0 Å². The van der Waals surface area contributed by atoms with Crippen LogP contribution in [-0.4, -0.2) is 64.3 Å². The lowest BCUT2D eigenvalue weighted by Gasteiger charge is -2.25. The van der Waals surface area contributed by atoms with E-state index in [4.69, 9.17) is 0 Å². The Balaban J connectivity index is -0.000000845. The van der Waals surface area contributed by atoms with Crippen molar-refractivity contribution in [1.29, 1.82) is 0 Å². The molecule has 4 heteroatoms. The molecule has 0 N–H and O–H groups in total. The summed E-state index contributed by atoms with van der Waals surface area (Å²) >= 11 is 0. The number of nitrogens with zero attached hydrogens (tertiary/aromatic N) is 2. The van der Waals surface area contributed by atoms with Gasteiger partial charge in [0.15, 0.2) is 0 Å². The molecule has 0 amide bonds. The van der Waals surface area contributed by atoms with Crippen molar-refractivity contribution in [3.05, 3.63) is 0 Å². The monoisotopic (exact) mass is 362 g/mol. The van der Waals surface area contributed by atoms with Gasteiger partial charge in [0.05, 0.1) is 55.4 Å². The van der Waals surface area contributed by atoms with Crippen LogP contribution in [0.25, 0.3) is 0 Å². The van der Waals surface area contributed by atoms with Crippen LogP contribution in [0.15, 0.2) is 0 Å². The molecule has 0 saturated heterocycles. The van der Waals surface area contributed by atoms with Gasteiger partial charge in [-0.25, -0.2) is 0 Å². The van der Waals surface area contributed by atoms with Crippen LogP contribution in [0.2, 0.25) is 0 Å². The van der Waals surface area contributed by atoms with Crippen LogP contribution < -0.4 is 0 Å². The summed E-state index contributed by atoms with van der Waals surface area (Å²) in [5.41, 5.74) is 0. The first-order chi connectivity index (χ1) is 6.21. The summed E-state index contributed by atoms with van der Waals surface area (Å²) in [6, 6.07) is 0. The van der Waals surface area contributed by atoms with E-state index in [0.29, 0.717) is 0 Å². The molecule has 0 aromatic heterocycles. The van der Waals surface area contributed by atoms with Crippen LogP contribution in [0.1, 0.15) is 25.7 Å². The van der Waals surface area contributed by atoms with Crippen molar-refractivity contribution in [2.75, 3.05) is 55.4 Å². The number of quaternary nitrogens is 2. The van der Waals surface area contributed by atoms with Gasteiger partial charge in [0, 0.05) is 0 Å². The first-order valence-corrected chi connectivity index (χ1v) is 5.82. The second-order valence-electron chi connectivity index (χ2n) is 6.44. The molecule has 0 atom stereocenters. The second-order valence-corrected chi connectivity index (χ2v) is 6.44. The van der Waals surface area contributed by atoms with E-state index in [2.05, 4.69) is 42.3 Å². The highest BCUT2D eigenvalue weighted by Crippen LogP contribution is 2.05. The van der Waals surface area contributed by atoms with E-state index in [1.54, 1.807) is 0 Å². The molecular formula is C12H32Br2N2+2. The minimum atomic E-state index is 0. The molecule has 0 bridgehead atoms. The quantitative estimate of drug-likeness (QED) is 0.481. The normalized spacial score (nSPS) is 11.6. The van der Waals surface area contributed by atoms with Crippen molar-refractivity contribution < 1.29 is 8.97 Å². The Labute approximate surface area is 124 Å². The highest BCUT2D eigenvalue weighted by atomic mass is 79.9. The average Bonchev–Trinajstić information content (AvgIpc) is 1.92. The summed E-state index contributed by atoms with van der Waals surface area (Å²) < 4.78 is 2.21. The Morgan fingerprint density at radius 1 is 0.500 bits per heavy atom. The SMILES string of the molecule is Br.Br.C[N+](C)(C)CCCCCC[N+](C)(C)C. The maximum absolute atomic E-state index is 2.27. The Hall–Kier alpha value is 0.880. The Morgan fingerprint density at radius 3 is 0.938 bits per heavy atom. The molecule has 0 heterocycles. The van der Waals surface area contributed by atoms with Gasteiger partial charge in [-0.05, 0) is 25.7 Å². The van der Waals surface area contributed by atoms with Crippen molar-refractivity contribution in [3.8, 4) is 0 Å². The highest BCUT2D eigenvalue weighted by Gasteiger charge is 2.07. The maximum Gasteiger partial charge on any atom is 0.0780 e. The van der Waals surface area contributed by atoms with E-state index < -0.39 is 0 Å². The fraction of sp³-hybridized carbons (Fsp3) is 1.00. The van der Waals surface area contributed by atoms with Crippen molar-refractivity contribution in [1.82, 2.24) is 0 Å². The Morgan fingerprint density at radius 2 is 0.750 bits per heavy atom. The fourth-order valence-electron chi connectivity index (χ4n) is 1.53. The van der Waals surface area contributed by atoms with Gasteiger partial charge in [0.1, 0.15) is 0 Å². The molecule has 0 spiro atoms. The molecule has 0 aliphatic rings. The van der Waals surface area contributed by atoms with Crippen molar-refractivity contribution >= 4 is 34.0 Å². The van der Waals surface area contributed by atoms with Gasteiger partial charge >= 0.3 is 0 Å². The number of rotatable bonds is 7. The van der Waals surface area contributed by atoms with Gasteiger partial charge in [0.2, 0.25) is 0 Å². The molecule has 0 fully saturated rings. The molecular weight excluding hydrogens is 332 g/mol. The van der Waals surface area contributed by atoms with Gasteiger partial charge in [-0.1, -0.05) is 0 Å². The van der Waals surface area contributed by atoms with Crippen LogP contribution in [0.3, 0.4) is 0 Å². The molecule has 0 aromatic rings. The van der Waals surface area contributed by atoms with Crippen LogP contribution in [0.5, 0.6) is 0 Å². The van der Waals surface area contributed by atoms with Gasteiger partial charge in [-0.15, -0.1) is 34.0 Å². The second kappa shape index (κ2) is 9.86. The molecule has 0 rings (SSSR count). The first-order valence-electron chi connectivity index (χ1n) is 5.82. The van der Waals surface area contributed by atoms with Gasteiger partial charge in [0.25, 0.3) is 0 Å². The van der Waals surface area contributed by atoms with Crippen molar-refractivity contribution in [2.45, 2.75) is 25.7 Å². The summed E-state index contributed by atoms with van der Waals surface area (Å²) in [7, 11) is 13.6. The summed E-state index contributed by atoms with van der Waals surface area (Å²) in [4.78, 5) is 0. The lowest BCUT2D eigenvalue weighted by molar-refractivity contribution is -0.871. The molecule has 16 heavy (non-hydrogen) atoms. The van der Waals surface area contributed by atoms with Crippen molar-refractivity contribution in [2.24, 2.45) is 0 Å². The predicted octanol–water partition coefficient (Wildman–Crippen LogP) is 3.12. The third-order valence-electron chi connectivity index (χ3n) is 2.41. The van der Waals surface area contributed by atoms with Crippen LogP contribution >= 0.6 is 34.0 Å². The topological polar surface area (TPSA) is 0 Å². The van der Waals surface area contributed by atoms with Crippen molar-refractivity contribution in [3.63, 3.8) is 0 Å². The Kier molecular flexibility index (Phi) is 13.6. The standard InChI is InChI=1S/C12H30N2.2BrH/c1-13(2,3)11-9-7-8-10-12-14(4,5)6;;/h7-12H2,1-6H3;2*1H/q+2;;. The average molecular weight is 364 g/mol. The van der Waals surface area contributed by atoms with E-state index in [0.717, 1.165) is 8.97 Å². The lowest BCUT2D eigenvalue weighted by Crippen LogP contribution is -2.35. The summed E-state index contributed by atoms with van der Waals surface area (Å²) in [5, 5.41) is 0. The highest BCUT2D eigenvalue weighted by molar-refractivity contribution is 8.93. The molecule has 102 valence electrons. The zero-order chi connectivity index (χ0) is 11.2. The zero-order valence-corrected chi connectivity index (χ0v) is 15.4. The lowest BCUT2D eigenvalue weighted by atomic mass is 10.1. The molecule has 0 saturated carbocycles. The summed E-state index contributed by atoms with van der Waals surface area (Å²) in [6.07, 6.45) is 5.55. The minimum absolute atomic E-state index is 0. The van der Waals surface area contributed by atoms with E-state index >= 15 is 0 Å². The molecule has 0 aliphatic carbocycles. The predicted molar refractivity (Wildman–Crippen MR) is 84.9 cm³/mol. The van der Waals surface area contributed by atoms with Crippen LogP contribution in [-0.2, 0) is 0 Å². The first kappa shape index (κ1) is 22.1. The maximum atomic E-state index is 2.27. The van der Waals surface area contributed by atoms with Gasteiger partial charge < -0.3 is 8.97 Å². The number of unbranched alkanes of at least 4 members (excludes halogenated alkanes) is 3. The molecule has 2 nitrogen and oxygen atoms in total. The smallest absolute Gasteiger partial charge is 0.0780 e. The molecule has 0 aromatic carbocycles. The zero-order valence-electron chi connectivity index (χ0n) is 12.0. The number of halogens is 2. The fourth-order valence-corrected chi connectivity index (χ4v) is 1.53. The summed E-state index contributed by atoms with van der Waals surface area (Å²) in [5.74, 6) is 0. The minimum Gasteiger partial charge on any atom is -0.331 e. The van der Waals surface area contributed by atoms with Crippen LogP contribution in [0.4, 0.5) is 0 Å². The largest absolute Gasteiger partial charge is 0.331 e. The van der Waals surface area contributed by atoms with Crippen LogP contribution in [0, 0.1) is 0 Å². The van der Waals surface area contributed by atoms with Gasteiger partial charge in [-0.3, -0.25) is 0 Å². The molecule has 0 radical (unpaired) electrons. The summed E-state index contributed by atoms with van der Waals surface area (Å²) in [6.45, 7) is 2.62. The molecule has 0 unspecified atom stereocenters. The Bertz CT molecular complexity index is 130. The number of hydrogen-bond acceptors (Lipinski definition) is 0. The van der Waals surface area contributed by atoms with E-state index in [1.165, 1.54) is 38.8 Å². The number of hydrogen-bond donors (Lipinski definition) is 0.